The molecule has 2 rings (SSSR count). The van der Waals surface area contributed by atoms with Crippen LogP contribution in [0, 0.1) is 20.8 Å². The zero-order valence-corrected chi connectivity index (χ0v) is 14.3. The molecule has 0 aliphatic carbocycles. The van der Waals surface area contributed by atoms with Gasteiger partial charge < -0.3 is 4.52 Å². The predicted octanol–water partition coefficient (Wildman–Crippen LogP) is 3.74. The molecule has 0 spiro atoms. The second-order valence-electron chi connectivity index (χ2n) is 5.42. The molecule has 0 atom stereocenters. The highest BCUT2D eigenvalue weighted by molar-refractivity contribution is 5.28. The van der Waals surface area contributed by atoms with Gasteiger partial charge in [-0.25, -0.2) is 0 Å². The summed E-state index contributed by atoms with van der Waals surface area (Å²) in [6, 6.07) is 0. The highest BCUT2D eigenvalue weighted by Gasteiger charge is 2.22. The molecule has 0 aliphatic rings. The van der Waals surface area contributed by atoms with E-state index in [9.17, 15) is 0 Å². The number of hydrogen-bond donors (Lipinski definition) is 0. The summed E-state index contributed by atoms with van der Waals surface area (Å²) >= 11 is 0. The maximum atomic E-state index is 5.07. The van der Waals surface area contributed by atoms with Crippen LogP contribution in [0.4, 0.5) is 0 Å². The summed E-state index contributed by atoms with van der Waals surface area (Å²) < 4.78 is 5.07. The van der Waals surface area contributed by atoms with Gasteiger partial charge >= 0.3 is 0 Å². The number of hydrogen-bond acceptors (Lipinski definition) is 4. The van der Waals surface area contributed by atoms with Crippen molar-refractivity contribution in [2.75, 3.05) is 0 Å². The van der Waals surface area contributed by atoms with Crippen molar-refractivity contribution in [1.29, 1.82) is 0 Å². The summed E-state index contributed by atoms with van der Waals surface area (Å²) in [5.41, 5.74) is 3.35. The molecule has 0 saturated carbocycles. The Morgan fingerprint density at radius 2 is 1.65 bits per heavy atom. The number of aryl methyl sites for hydroxylation is 4. The SMILES string of the molecule is CC.Cc1cnn(C)n1.Cc1noc(C)c1C(C)(C)C. The van der Waals surface area contributed by atoms with Crippen LogP contribution in [-0.4, -0.2) is 20.2 Å². The van der Waals surface area contributed by atoms with Crippen LogP contribution < -0.4 is 0 Å². The normalized spacial score (nSPS) is 10.2. The average Bonchev–Trinajstić information content (AvgIpc) is 2.87. The van der Waals surface area contributed by atoms with Crippen molar-refractivity contribution in [3.63, 3.8) is 0 Å². The van der Waals surface area contributed by atoms with Gasteiger partial charge in [-0.3, -0.25) is 0 Å². The molecule has 2 aromatic rings. The molecule has 5 heteroatoms. The molecule has 0 aromatic carbocycles. The molecular weight excluding hydrogens is 252 g/mol. The quantitative estimate of drug-likeness (QED) is 0.737. The first kappa shape index (κ1) is 18.4. The summed E-state index contributed by atoms with van der Waals surface area (Å²) in [4.78, 5) is 1.54. The van der Waals surface area contributed by atoms with E-state index in [1.165, 1.54) is 10.4 Å². The van der Waals surface area contributed by atoms with Crippen LogP contribution in [0.2, 0.25) is 0 Å². The fourth-order valence-electron chi connectivity index (χ4n) is 2.00. The van der Waals surface area contributed by atoms with Gasteiger partial charge in [-0.2, -0.15) is 15.0 Å². The van der Waals surface area contributed by atoms with Gasteiger partial charge in [0.15, 0.2) is 0 Å². The van der Waals surface area contributed by atoms with E-state index in [0.717, 1.165) is 17.1 Å². The molecule has 0 radical (unpaired) electrons. The second-order valence-corrected chi connectivity index (χ2v) is 5.42. The Bertz CT molecular complexity index is 470. The fraction of sp³-hybridized carbons (Fsp3) is 0.667. The largest absolute Gasteiger partial charge is 0.361 e. The van der Waals surface area contributed by atoms with Crippen LogP contribution in [0.25, 0.3) is 0 Å². The Kier molecular flexibility index (Phi) is 7.18. The van der Waals surface area contributed by atoms with E-state index < -0.39 is 0 Å². The van der Waals surface area contributed by atoms with Gasteiger partial charge in [0.25, 0.3) is 0 Å². The predicted molar refractivity (Wildman–Crippen MR) is 81.8 cm³/mol. The van der Waals surface area contributed by atoms with Crippen molar-refractivity contribution in [3.8, 4) is 0 Å². The standard InChI is InChI=1S/C9H15NO.C4H7N3.C2H6/c1-6-8(9(3,4)5)7(2)11-10-6;1-4-3-5-7(2)6-4;1-2/h1-5H3;3H,1-2H3;1-2H3. The maximum Gasteiger partial charge on any atom is 0.137 e. The van der Waals surface area contributed by atoms with Crippen LogP contribution in [0.15, 0.2) is 10.7 Å². The van der Waals surface area contributed by atoms with Gasteiger partial charge in [-0.15, -0.1) is 0 Å². The third-order valence-corrected chi connectivity index (χ3v) is 2.50. The molecule has 20 heavy (non-hydrogen) atoms. The van der Waals surface area contributed by atoms with Gasteiger partial charge in [0.05, 0.1) is 17.6 Å². The van der Waals surface area contributed by atoms with E-state index >= 15 is 0 Å². The molecule has 0 saturated heterocycles. The fourth-order valence-corrected chi connectivity index (χ4v) is 2.00. The lowest BCUT2D eigenvalue weighted by molar-refractivity contribution is 0.389. The smallest absolute Gasteiger partial charge is 0.137 e. The summed E-state index contributed by atoms with van der Waals surface area (Å²) in [6.07, 6.45) is 1.72. The lowest BCUT2D eigenvalue weighted by Gasteiger charge is -2.17. The minimum Gasteiger partial charge on any atom is -0.361 e. The van der Waals surface area contributed by atoms with Gasteiger partial charge in [0.2, 0.25) is 0 Å². The minimum atomic E-state index is 0.147. The molecule has 0 bridgehead atoms. The molecule has 0 unspecified atom stereocenters. The van der Waals surface area contributed by atoms with Crippen molar-refractivity contribution in [1.82, 2.24) is 20.2 Å². The average molecular weight is 280 g/mol. The van der Waals surface area contributed by atoms with Crippen LogP contribution >= 0.6 is 0 Å². The van der Waals surface area contributed by atoms with Gasteiger partial charge in [-0.05, 0) is 26.2 Å². The molecule has 2 heterocycles. The zero-order valence-electron chi connectivity index (χ0n) is 14.3. The molecule has 0 fully saturated rings. The first-order valence-electron chi connectivity index (χ1n) is 6.98. The molecule has 0 N–H and O–H groups in total. The van der Waals surface area contributed by atoms with E-state index in [4.69, 9.17) is 4.52 Å². The Labute approximate surface area is 122 Å². The van der Waals surface area contributed by atoms with E-state index in [1.54, 1.807) is 13.2 Å². The van der Waals surface area contributed by atoms with E-state index in [0.29, 0.717) is 0 Å². The number of nitrogens with zero attached hydrogens (tertiary/aromatic N) is 4. The lowest BCUT2D eigenvalue weighted by atomic mass is 9.86. The molecular formula is C15H28N4O. The van der Waals surface area contributed by atoms with Crippen molar-refractivity contribution in [2.24, 2.45) is 7.05 Å². The van der Waals surface area contributed by atoms with Crippen molar-refractivity contribution >= 4 is 0 Å². The van der Waals surface area contributed by atoms with Crippen molar-refractivity contribution < 1.29 is 4.52 Å². The van der Waals surface area contributed by atoms with Gasteiger partial charge in [-0.1, -0.05) is 39.8 Å². The Balaban J connectivity index is 0.000000345. The molecule has 5 nitrogen and oxygen atoms in total. The summed E-state index contributed by atoms with van der Waals surface area (Å²) in [6.45, 7) is 16.4. The van der Waals surface area contributed by atoms with Gasteiger partial charge in [0, 0.05) is 12.6 Å². The summed E-state index contributed by atoms with van der Waals surface area (Å²) in [7, 11) is 1.80. The van der Waals surface area contributed by atoms with Crippen LogP contribution in [0.1, 0.15) is 57.3 Å². The van der Waals surface area contributed by atoms with Crippen LogP contribution in [-0.2, 0) is 12.5 Å². The van der Waals surface area contributed by atoms with E-state index in [2.05, 4.69) is 36.1 Å². The van der Waals surface area contributed by atoms with E-state index in [1.807, 2.05) is 34.6 Å². The maximum absolute atomic E-state index is 5.07. The monoisotopic (exact) mass is 280 g/mol. The molecule has 0 amide bonds. The van der Waals surface area contributed by atoms with Crippen molar-refractivity contribution in [3.05, 3.63) is 28.9 Å². The summed E-state index contributed by atoms with van der Waals surface area (Å²) in [5.74, 6) is 0.940. The number of rotatable bonds is 0. The van der Waals surface area contributed by atoms with E-state index in [-0.39, 0.29) is 5.41 Å². The third kappa shape index (κ3) is 5.55. The van der Waals surface area contributed by atoms with Crippen molar-refractivity contribution in [2.45, 2.75) is 60.8 Å². The minimum absolute atomic E-state index is 0.147. The van der Waals surface area contributed by atoms with Crippen LogP contribution in [0.5, 0.6) is 0 Å². The molecule has 114 valence electrons. The molecule has 0 aliphatic heterocycles. The number of aromatic nitrogens is 4. The zero-order chi connectivity index (χ0) is 15.9. The lowest BCUT2D eigenvalue weighted by Crippen LogP contribution is -2.12. The topological polar surface area (TPSA) is 56.7 Å². The highest BCUT2D eigenvalue weighted by Crippen LogP contribution is 2.27. The van der Waals surface area contributed by atoms with Crippen LogP contribution in [0.3, 0.4) is 0 Å². The highest BCUT2D eigenvalue weighted by atomic mass is 16.5. The first-order valence-corrected chi connectivity index (χ1v) is 6.98. The molecule has 2 aromatic heterocycles. The third-order valence-electron chi connectivity index (χ3n) is 2.50. The summed E-state index contributed by atoms with van der Waals surface area (Å²) in [5, 5.41) is 11.6. The Morgan fingerprint density at radius 3 is 1.80 bits per heavy atom. The van der Waals surface area contributed by atoms with Gasteiger partial charge in [0.1, 0.15) is 5.76 Å². The second kappa shape index (κ2) is 7.82. The Morgan fingerprint density at radius 1 is 1.10 bits per heavy atom. The first-order chi connectivity index (χ1) is 9.21. The Hall–Kier alpha value is -1.65.